The largest absolute Gasteiger partial charge is 0.379 e. The van der Waals surface area contributed by atoms with Crippen LogP contribution < -0.4 is 20.9 Å². The number of nitrogens with one attached hydrogen (secondary N) is 3. The molecule has 0 spiro atoms. The Bertz CT molecular complexity index is 1320. The lowest BCUT2D eigenvalue weighted by molar-refractivity contribution is 0.0383. The number of morpholine rings is 1. The Hall–Kier alpha value is -3.92. The number of hydrogen-bond acceptors (Lipinski definition) is 6. The van der Waals surface area contributed by atoms with E-state index in [-0.39, 0.29) is 11.9 Å². The summed E-state index contributed by atoms with van der Waals surface area (Å²) in [5, 5.41) is 9.00. The Morgan fingerprint density at radius 2 is 1.55 bits per heavy atom. The van der Waals surface area contributed by atoms with E-state index in [0.717, 1.165) is 88.9 Å². The van der Waals surface area contributed by atoms with E-state index in [1.807, 2.05) is 42.5 Å². The second-order valence-corrected chi connectivity index (χ2v) is 10.8. The lowest BCUT2D eigenvalue weighted by Crippen LogP contribution is -2.46. The molecule has 0 saturated carbocycles. The maximum absolute atomic E-state index is 13.5. The van der Waals surface area contributed by atoms with Gasteiger partial charge in [-0.3, -0.25) is 14.6 Å². The van der Waals surface area contributed by atoms with Crippen LogP contribution in [0.3, 0.4) is 0 Å². The van der Waals surface area contributed by atoms with Crippen molar-refractivity contribution in [2.45, 2.75) is 19.9 Å². The highest BCUT2D eigenvalue weighted by Gasteiger charge is 2.23. The Balaban J connectivity index is 1.27. The summed E-state index contributed by atoms with van der Waals surface area (Å²) in [5.41, 5.74) is 5.19. The number of amides is 3. The standard InChI is InChI=1S/C33H42N6O3/c1-2-27-10-6-7-11-30(27)36-33(41)35-28-12-13-31(29(24-28)32(40)34-14-15-37-20-22-42-23-21-37)39-18-16-38(17-19-39)25-26-8-4-3-5-9-26/h3-13,24H,2,14-23,25H2,1H3,(H,34,40)(H2,35,36,41). The van der Waals surface area contributed by atoms with E-state index < -0.39 is 0 Å². The molecule has 0 unspecified atom stereocenters. The van der Waals surface area contributed by atoms with Crippen LogP contribution in [0.15, 0.2) is 72.8 Å². The van der Waals surface area contributed by atoms with Gasteiger partial charge in [-0.15, -0.1) is 0 Å². The van der Waals surface area contributed by atoms with E-state index in [4.69, 9.17) is 4.74 Å². The molecule has 0 atom stereocenters. The highest BCUT2D eigenvalue weighted by molar-refractivity contribution is 6.04. The first-order chi connectivity index (χ1) is 20.6. The van der Waals surface area contributed by atoms with Gasteiger partial charge in [0.1, 0.15) is 0 Å². The zero-order valence-corrected chi connectivity index (χ0v) is 24.5. The van der Waals surface area contributed by atoms with Gasteiger partial charge in [0, 0.05) is 76.0 Å². The molecule has 2 heterocycles. The van der Waals surface area contributed by atoms with E-state index in [1.165, 1.54) is 5.56 Å². The fourth-order valence-electron chi connectivity index (χ4n) is 5.54. The molecule has 0 aliphatic carbocycles. The summed E-state index contributed by atoms with van der Waals surface area (Å²) >= 11 is 0. The molecule has 2 saturated heterocycles. The minimum Gasteiger partial charge on any atom is -0.379 e. The molecule has 3 N–H and O–H groups in total. The second kappa shape index (κ2) is 14.8. The van der Waals surface area contributed by atoms with Crippen molar-refractivity contribution in [2.24, 2.45) is 0 Å². The molecule has 222 valence electrons. The Labute approximate surface area is 248 Å². The van der Waals surface area contributed by atoms with Crippen molar-refractivity contribution in [3.8, 4) is 0 Å². The van der Waals surface area contributed by atoms with Gasteiger partial charge in [-0.25, -0.2) is 4.79 Å². The SMILES string of the molecule is CCc1ccccc1NC(=O)Nc1ccc(N2CCN(Cc3ccccc3)CC2)c(C(=O)NCCN2CCOCC2)c1. The number of para-hydroxylation sites is 1. The van der Waals surface area contributed by atoms with Crippen LogP contribution in [-0.4, -0.2) is 87.3 Å². The molecule has 0 radical (unpaired) electrons. The molecular weight excluding hydrogens is 528 g/mol. The molecule has 2 aliphatic heterocycles. The average Bonchev–Trinajstić information content (AvgIpc) is 3.03. The van der Waals surface area contributed by atoms with Crippen molar-refractivity contribution in [1.82, 2.24) is 15.1 Å². The summed E-state index contributed by atoms with van der Waals surface area (Å²) in [4.78, 5) is 33.5. The zero-order valence-electron chi connectivity index (χ0n) is 24.5. The maximum atomic E-state index is 13.5. The van der Waals surface area contributed by atoms with E-state index >= 15 is 0 Å². The van der Waals surface area contributed by atoms with E-state index in [0.29, 0.717) is 17.8 Å². The van der Waals surface area contributed by atoms with Crippen molar-refractivity contribution in [3.63, 3.8) is 0 Å². The van der Waals surface area contributed by atoms with Crippen LogP contribution >= 0.6 is 0 Å². The van der Waals surface area contributed by atoms with Gasteiger partial charge in [0.25, 0.3) is 5.91 Å². The molecule has 42 heavy (non-hydrogen) atoms. The molecule has 3 aromatic rings. The van der Waals surface area contributed by atoms with E-state index in [1.54, 1.807) is 6.07 Å². The average molecular weight is 571 g/mol. The molecule has 3 amide bonds. The van der Waals surface area contributed by atoms with Crippen LogP contribution in [0.5, 0.6) is 0 Å². The highest BCUT2D eigenvalue weighted by Crippen LogP contribution is 2.27. The van der Waals surface area contributed by atoms with E-state index in [9.17, 15) is 9.59 Å². The smallest absolute Gasteiger partial charge is 0.323 e. The van der Waals surface area contributed by atoms with Crippen molar-refractivity contribution in [3.05, 3.63) is 89.5 Å². The number of ether oxygens (including phenoxy) is 1. The van der Waals surface area contributed by atoms with E-state index in [2.05, 4.69) is 61.8 Å². The summed E-state index contributed by atoms with van der Waals surface area (Å²) in [6, 6.07) is 23.6. The predicted octanol–water partition coefficient (Wildman–Crippen LogP) is 4.28. The number of nitrogens with zero attached hydrogens (tertiary/aromatic N) is 3. The van der Waals surface area contributed by atoms with Crippen molar-refractivity contribution in [1.29, 1.82) is 0 Å². The van der Waals surface area contributed by atoms with Gasteiger partial charge in [-0.2, -0.15) is 0 Å². The molecule has 0 bridgehead atoms. The topological polar surface area (TPSA) is 89.2 Å². The molecule has 2 aliphatic rings. The fourth-order valence-corrected chi connectivity index (χ4v) is 5.54. The quantitative estimate of drug-likeness (QED) is 0.337. The minimum atomic E-state index is -0.336. The van der Waals surface area contributed by atoms with Gasteiger partial charge >= 0.3 is 6.03 Å². The van der Waals surface area contributed by atoms with Gasteiger partial charge in [-0.05, 0) is 41.8 Å². The lowest BCUT2D eigenvalue weighted by Gasteiger charge is -2.37. The second-order valence-electron chi connectivity index (χ2n) is 10.8. The highest BCUT2D eigenvalue weighted by atomic mass is 16.5. The Morgan fingerprint density at radius 1 is 0.810 bits per heavy atom. The van der Waals surface area contributed by atoms with Gasteiger partial charge < -0.3 is 25.6 Å². The third-order valence-corrected chi connectivity index (χ3v) is 7.92. The zero-order chi connectivity index (χ0) is 29.1. The van der Waals surface area contributed by atoms with Gasteiger partial charge in [0.2, 0.25) is 0 Å². The van der Waals surface area contributed by atoms with Gasteiger partial charge in [0.15, 0.2) is 0 Å². The van der Waals surface area contributed by atoms with Crippen molar-refractivity contribution < 1.29 is 14.3 Å². The van der Waals surface area contributed by atoms with Crippen LogP contribution in [0.25, 0.3) is 0 Å². The first kappa shape index (κ1) is 29.6. The fraction of sp³-hybridized carbons (Fsp3) is 0.394. The molecule has 9 heteroatoms. The number of benzene rings is 3. The van der Waals surface area contributed by atoms with Crippen LogP contribution in [0, 0.1) is 0 Å². The van der Waals surface area contributed by atoms with Crippen LogP contribution in [0.1, 0.15) is 28.4 Å². The molecule has 9 nitrogen and oxygen atoms in total. The number of rotatable bonds is 10. The summed E-state index contributed by atoms with van der Waals surface area (Å²) in [6.45, 7) is 11.0. The number of hydrogen-bond donors (Lipinski definition) is 3. The molecule has 5 rings (SSSR count). The van der Waals surface area contributed by atoms with Gasteiger partial charge in [-0.1, -0.05) is 55.5 Å². The summed E-state index contributed by atoms with van der Waals surface area (Å²) in [6.07, 6.45) is 0.818. The van der Waals surface area contributed by atoms with Crippen LogP contribution in [0.4, 0.5) is 21.9 Å². The maximum Gasteiger partial charge on any atom is 0.323 e. The third-order valence-electron chi connectivity index (χ3n) is 7.92. The number of carbonyl (C=O) groups excluding carboxylic acids is 2. The molecule has 3 aromatic carbocycles. The summed E-state index contributed by atoms with van der Waals surface area (Å²) < 4.78 is 5.44. The summed E-state index contributed by atoms with van der Waals surface area (Å²) in [7, 11) is 0. The number of aryl methyl sites for hydroxylation is 1. The monoisotopic (exact) mass is 570 g/mol. The first-order valence-electron chi connectivity index (χ1n) is 15.0. The van der Waals surface area contributed by atoms with Crippen molar-refractivity contribution >= 4 is 29.0 Å². The molecule has 2 fully saturated rings. The van der Waals surface area contributed by atoms with Crippen molar-refractivity contribution in [2.75, 3.05) is 81.1 Å². The minimum absolute atomic E-state index is 0.134. The Kier molecular flexibility index (Phi) is 10.4. The number of urea groups is 1. The van der Waals surface area contributed by atoms with Crippen LogP contribution in [-0.2, 0) is 17.7 Å². The number of carbonyl (C=O) groups is 2. The third kappa shape index (κ3) is 8.09. The molecular formula is C33H42N6O3. The Morgan fingerprint density at radius 3 is 2.31 bits per heavy atom. The van der Waals surface area contributed by atoms with Gasteiger partial charge in [0.05, 0.1) is 18.8 Å². The first-order valence-corrected chi connectivity index (χ1v) is 15.0. The van der Waals surface area contributed by atoms with Crippen LogP contribution in [0.2, 0.25) is 0 Å². The number of anilines is 3. The number of piperazine rings is 1. The normalized spacial score (nSPS) is 16.2. The predicted molar refractivity (Wildman–Crippen MR) is 168 cm³/mol. The molecule has 0 aromatic heterocycles. The lowest BCUT2D eigenvalue weighted by atomic mass is 10.1. The summed E-state index contributed by atoms with van der Waals surface area (Å²) in [5.74, 6) is -0.134.